The summed E-state index contributed by atoms with van der Waals surface area (Å²) in [4.78, 5) is 30.0. The van der Waals surface area contributed by atoms with E-state index in [1.54, 1.807) is 18.2 Å². The van der Waals surface area contributed by atoms with E-state index in [1.165, 1.54) is 40.9 Å². The number of rotatable bonds is 4. The number of phenols is 1. The lowest BCUT2D eigenvalue weighted by Gasteiger charge is -2.12. The molecule has 1 fully saturated rings. The number of amidine groups is 1. The molecule has 1 heterocycles. The predicted octanol–water partition coefficient (Wildman–Crippen LogP) is 5.02. The lowest BCUT2D eigenvalue weighted by Crippen LogP contribution is -2.28. The smallest absolute Gasteiger partial charge is 0.335 e. The van der Waals surface area contributed by atoms with Gasteiger partial charge in [-0.1, -0.05) is 23.2 Å². The van der Waals surface area contributed by atoms with Gasteiger partial charge in [0.1, 0.15) is 0 Å². The molecule has 1 amide bonds. The number of aromatic hydroxyl groups is 1. The molecule has 2 aromatic rings. The highest BCUT2D eigenvalue weighted by Crippen LogP contribution is 2.37. The fourth-order valence-corrected chi connectivity index (χ4v) is 4.05. The Morgan fingerprint density at radius 3 is 2.36 bits per heavy atom. The van der Waals surface area contributed by atoms with Crippen LogP contribution < -0.4 is 0 Å². The van der Waals surface area contributed by atoms with E-state index in [4.69, 9.17) is 28.3 Å². The zero-order valence-corrected chi connectivity index (χ0v) is 16.8. The summed E-state index contributed by atoms with van der Waals surface area (Å²) >= 11 is 13.1. The van der Waals surface area contributed by atoms with Crippen LogP contribution in [0.25, 0.3) is 6.08 Å². The molecular formula is C19H14Cl2N2O4S. The Labute approximate surface area is 175 Å². The average Bonchev–Trinajstić information content (AvgIpc) is 2.94. The Balaban J connectivity index is 1.93. The van der Waals surface area contributed by atoms with Crippen molar-refractivity contribution < 1.29 is 19.8 Å². The molecule has 9 heteroatoms. The summed E-state index contributed by atoms with van der Waals surface area (Å²) in [6, 6.07) is 9.10. The third kappa shape index (κ3) is 4.16. The minimum Gasteiger partial charge on any atom is -0.505 e. The van der Waals surface area contributed by atoms with Crippen molar-refractivity contribution in [2.24, 2.45) is 4.99 Å². The lowest BCUT2D eigenvalue weighted by molar-refractivity contribution is -0.122. The molecule has 144 valence electrons. The summed E-state index contributed by atoms with van der Waals surface area (Å²) in [6.45, 7) is 2.26. The quantitative estimate of drug-likeness (QED) is 0.656. The standard InChI is InChI=1S/C19H14Cl2N2O4S/c1-2-23-17(25)15(9-10-7-13(20)16(24)14(21)8-10)28-19(23)22-12-5-3-11(4-6-12)18(26)27/h3-9,24H,2H2,1H3,(H,26,27). The van der Waals surface area contributed by atoms with E-state index in [-0.39, 0.29) is 27.3 Å². The maximum Gasteiger partial charge on any atom is 0.335 e. The van der Waals surface area contributed by atoms with Gasteiger partial charge in [-0.25, -0.2) is 9.79 Å². The largest absolute Gasteiger partial charge is 0.505 e. The first-order valence-corrected chi connectivity index (χ1v) is 9.69. The van der Waals surface area contributed by atoms with Crippen LogP contribution in [0, 0.1) is 0 Å². The van der Waals surface area contributed by atoms with Gasteiger partial charge in [0.05, 0.1) is 26.2 Å². The van der Waals surface area contributed by atoms with E-state index in [0.29, 0.717) is 27.9 Å². The van der Waals surface area contributed by atoms with E-state index in [9.17, 15) is 14.7 Å². The Bertz CT molecular complexity index is 996. The number of hydrogen-bond donors (Lipinski definition) is 2. The normalized spacial score (nSPS) is 17.0. The fraction of sp³-hybridized carbons (Fsp3) is 0.105. The first-order valence-electron chi connectivity index (χ1n) is 8.11. The number of aliphatic imine (C=N–C) groups is 1. The lowest BCUT2D eigenvalue weighted by atomic mass is 10.2. The van der Waals surface area contributed by atoms with Gasteiger partial charge in [-0.15, -0.1) is 0 Å². The first-order chi connectivity index (χ1) is 13.3. The van der Waals surface area contributed by atoms with Crippen molar-refractivity contribution in [1.29, 1.82) is 0 Å². The summed E-state index contributed by atoms with van der Waals surface area (Å²) in [5, 5.41) is 19.3. The first kappa shape index (κ1) is 20.3. The molecule has 1 aliphatic heterocycles. The number of likely N-dealkylation sites (N-methyl/N-ethyl adjacent to an activating group) is 1. The van der Waals surface area contributed by atoms with Crippen LogP contribution in [-0.4, -0.2) is 38.7 Å². The molecule has 0 aliphatic carbocycles. The molecule has 0 saturated carbocycles. The van der Waals surface area contributed by atoms with Crippen LogP contribution in [-0.2, 0) is 4.79 Å². The number of carboxylic acid groups (broad SMARTS) is 1. The highest BCUT2D eigenvalue weighted by atomic mass is 35.5. The number of carbonyl (C=O) groups is 2. The van der Waals surface area contributed by atoms with Crippen molar-refractivity contribution in [3.8, 4) is 5.75 Å². The average molecular weight is 437 g/mol. The van der Waals surface area contributed by atoms with E-state index in [1.807, 2.05) is 6.92 Å². The van der Waals surface area contributed by atoms with Crippen molar-refractivity contribution in [2.45, 2.75) is 6.92 Å². The number of hydrogen-bond acceptors (Lipinski definition) is 5. The number of nitrogens with zero attached hydrogens (tertiary/aromatic N) is 2. The van der Waals surface area contributed by atoms with Gasteiger partial charge < -0.3 is 10.2 Å². The Kier molecular flexibility index (Phi) is 5.98. The van der Waals surface area contributed by atoms with Gasteiger partial charge in [0.15, 0.2) is 10.9 Å². The summed E-state index contributed by atoms with van der Waals surface area (Å²) < 4.78 is 0. The molecule has 0 spiro atoms. The number of carbonyl (C=O) groups excluding carboxylic acids is 1. The van der Waals surface area contributed by atoms with Crippen LogP contribution >= 0.6 is 35.0 Å². The predicted molar refractivity (Wildman–Crippen MR) is 112 cm³/mol. The number of thioether (sulfide) groups is 1. The zero-order chi connectivity index (χ0) is 20.4. The van der Waals surface area contributed by atoms with Crippen molar-refractivity contribution in [2.75, 3.05) is 6.54 Å². The summed E-state index contributed by atoms with van der Waals surface area (Å²) in [5.41, 5.74) is 1.27. The summed E-state index contributed by atoms with van der Waals surface area (Å²) in [7, 11) is 0. The molecule has 0 atom stereocenters. The van der Waals surface area contributed by atoms with Crippen LogP contribution in [0.2, 0.25) is 10.0 Å². The molecule has 2 aromatic carbocycles. The van der Waals surface area contributed by atoms with Gasteiger partial charge in [0.25, 0.3) is 5.91 Å². The van der Waals surface area contributed by atoms with Crippen molar-refractivity contribution in [3.05, 3.63) is 62.5 Å². The van der Waals surface area contributed by atoms with Crippen molar-refractivity contribution in [1.82, 2.24) is 4.90 Å². The number of amides is 1. The second-order valence-electron chi connectivity index (χ2n) is 5.74. The number of aromatic carboxylic acids is 1. The number of carboxylic acids is 1. The Morgan fingerprint density at radius 2 is 1.82 bits per heavy atom. The van der Waals surface area contributed by atoms with Crippen LogP contribution in [0.5, 0.6) is 5.75 Å². The molecule has 0 aromatic heterocycles. The minimum absolute atomic E-state index is 0.0922. The molecule has 1 saturated heterocycles. The monoisotopic (exact) mass is 436 g/mol. The summed E-state index contributed by atoms with van der Waals surface area (Å²) in [5.74, 6) is -1.44. The molecule has 2 N–H and O–H groups in total. The van der Waals surface area contributed by atoms with Gasteiger partial charge in [0, 0.05) is 6.54 Å². The second kappa shape index (κ2) is 8.26. The number of benzene rings is 2. The highest BCUT2D eigenvalue weighted by molar-refractivity contribution is 8.18. The van der Waals surface area contributed by atoms with Crippen LogP contribution in [0.4, 0.5) is 5.69 Å². The van der Waals surface area contributed by atoms with Gasteiger partial charge >= 0.3 is 5.97 Å². The van der Waals surface area contributed by atoms with E-state index < -0.39 is 5.97 Å². The second-order valence-corrected chi connectivity index (χ2v) is 7.56. The highest BCUT2D eigenvalue weighted by Gasteiger charge is 2.32. The third-order valence-electron chi connectivity index (χ3n) is 3.88. The molecule has 1 aliphatic rings. The fourth-order valence-electron chi connectivity index (χ4n) is 2.48. The van der Waals surface area contributed by atoms with Gasteiger partial charge in [0.2, 0.25) is 0 Å². The molecule has 3 rings (SSSR count). The third-order valence-corrected chi connectivity index (χ3v) is 5.46. The molecular weight excluding hydrogens is 423 g/mol. The van der Waals surface area contributed by atoms with Gasteiger partial charge in [-0.2, -0.15) is 0 Å². The molecule has 6 nitrogen and oxygen atoms in total. The SMILES string of the molecule is CCN1C(=O)C(=Cc2cc(Cl)c(O)c(Cl)c2)SC1=Nc1ccc(C(=O)O)cc1. The van der Waals surface area contributed by atoms with Crippen LogP contribution in [0.3, 0.4) is 0 Å². The van der Waals surface area contributed by atoms with Crippen LogP contribution in [0.1, 0.15) is 22.8 Å². The minimum atomic E-state index is -1.02. The molecule has 0 unspecified atom stereocenters. The maximum atomic E-state index is 12.7. The van der Waals surface area contributed by atoms with Gasteiger partial charge in [-0.3, -0.25) is 9.69 Å². The topological polar surface area (TPSA) is 90.2 Å². The van der Waals surface area contributed by atoms with E-state index >= 15 is 0 Å². The number of halogens is 2. The molecule has 0 bridgehead atoms. The molecule has 0 radical (unpaired) electrons. The van der Waals surface area contributed by atoms with Crippen molar-refractivity contribution in [3.63, 3.8) is 0 Å². The van der Waals surface area contributed by atoms with E-state index in [0.717, 1.165) is 0 Å². The maximum absolute atomic E-state index is 12.7. The Hall–Kier alpha value is -2.48. The van der Waals surface area contributed by atoms with Crippen molar-refractivity contribution >= 4 is 63.8 Å². The van der Waals surface area contributed by atoms with Crippen LogP contribution in [0.15, 0.2) is 46.3 Å². The Morgan fingerprint density at radius 1 is 1.21 bits per heavy atom. The zero-order valence-electron chi connectivity index (χ0n) is 14.5. The number of phenolic OH excluding ortho intramolecular Hbond substituents is 1. The molecule has 28 heavy (non-hydrogen) atoms. The summed E-state index contributed by atoms with van der Waals surface area (Å²) in [6.07, 6.45) is 1.63. The van der Waals surface area contributed by atoms with Gasteiger partial charge in [-0.05, 0) is 66.7 Å². The van der Waals surface area contributed by atoms with E-state index in [2.05, 4.69) is 4.99 Å².